The third-order valence-corrected chi connectivity index (χ3v) is 6.88. The Morgan fingerprint density at radius 3 is 2.19 bits per heavy atom. The predicted molar refractivity (Wildman–Crippen MR) is 141 cm³/mol. The van der Waals surface area contributed by atoms with Crippen LogP contribution in [-0.2, 0) is 23.4 Å². The zero-order valence-corrected chi connectivity index (χ0v) is 19.9. The second kappa shape index (κ2) is 8.85. The fraction of sp³-hybridized carbons (Fsp3) is 0.138. The van der Waals surface area contributed by atoms with Crippen molar-refractivity contribution in [3.63, 3.8) is 0 Å². The zero-order valence-electron chi connectivity index (χ0n) is 19.9. The molecule has 180 valence electrons. The van der Waals surface area contributed by atoms with Crippen LogP contribution in [0, 0.1) is 5.41 Å². The number of anilines is 1. The second-order valence-corrected chi connectivity index (χ2v) is 9.25. The second-order valence-electron chi connectivity index (χ2n) is 9.25. The molecule has 1 fully saturated rings. The van der Waals surface area contributed by atoms with Crippen LogP contribution in [-0.4, -0.2) is 27.6 Å². The molecule has 7 heteroatoms. The first-order valence-electron chi connectivity index (χ1n) is 11.7. The van der Waals surface area contributed by atoms with Crippen molar-refractivity contribution in [2.24, 2.45) is 5.73 Å². The lowest BCUT2D eigenvalue weighted by atomic mass is 9.90. The maximum Gasteiger partial charge on any atom is 0.328 e. The van der Waals surface area contributed by atoms with Crippen molar-refractivity contribution < 1.29 is 9.59 Å². The molecule has 4 aromatic rings. The van der Waals surface area contributed by atoms with Gasteiger partial charge in [0.15, 0.2) is 0 Å². The molecular weight excluding hydrogens is 450 g/mol. The Labute approximate surface area is 209 Å². The Bertz CT molecular complexity index is 1480. The van der Waals surface area contributed by atoms with Crippen LogP contribution in [0.2, 0.25) is 0 Å². The van der Waals surface area contributed by atoms with E-state index in [0.29, 0.717) is 11.3 Å². The number of nitrogens with two attached hydrogens (primary N) is 2. The first-order chi connectivity index (χ1) is 17.3. The number of nitrogens with one attached hydrogen (secondary N) is 1. The van der Waals surface area contributed by atoms with Crippen LogP contribution in [0.15, 0.2) is 91.0 Å². The summed E-state index contributed by atoms with van der Waals surface area (Å²) in [6.07, 6.45) is 0. The number of carbonyl (C=O) groups excluding carboxylic acids is 2. The van der Waals surface area contributed by atoms with E-state index < -0.39 is 5.54 Å². The van der Waals surface area contributed by atoms with E-state index in [1.807, 2.05) is 78.9 Å². The van der Waals surface area contributed by atoms with Gasteiger partial charge in [-0.2, -0.15) is 0 Å². The minimum atomic E-state index is -1.16. The molecule has 0 spiro atoms. The Balaban J connectivity index is 1.54. The minimum Gasteiger partial charge on any atom is -0.399 e. The van der Waals surface area contributed by atoms with Crippen molar-refractivity contribution in [3.05, 3.63) is 113 Å². The molecular formula is C29H27N5O2. The molecule has 1 heterocycles. The zero-order chi connectivity index (χ0) is 25.4. The number of nitrogen functional groups attached to an aromatic ring is 2. The summed E-state index contributed by atoms with van der Waals surface area (Å²) in [7, 11) is 0. The van der Waals surface area contributed by atoms with Crippen LogP contribution in [0.3, 0.4) is 0 Å². The number of hydrogen-bond donors (Lipinski definition) is 3. The molecule has 4 aromatic carbocycles. The molecule has 1 aliphatic rings. The molecule has 5 rings (SSSR count). The molecule has 0 bridgehead atoms. The Morgan fingerprint density at radius 2 is 1.50 bits per heavy atom. The summed E-state index contributed by atoms with van der Waals surface area (Å²) >= 11 is 0. The standard InChI is InChI=1S/C29H27N5O2/c1-29(24-5-3-2-4-6-24)27(35)33(17-19-8-13-25(30)14-9-19)28(36)34(29)18-20-7-10-21-11-12-22(26(31)32)16-23(21)15-20/h2-16H,17-18,30H2,1H3,(H3,31,32). The Kier molecular flexibility index (Phi) is 5.68. The lowest BCUT2D eigenvalue weighted by Gasteiger charge is -2.32. The highest BCUT2D eigenvalue weighted by molar-refractivity contribution is 6.07. The quantitative estimate of drug-likeness (QED) is 0.163. The van der Waals surface area contributed by atoms with Crippen molar-refractivity contribution in [2.75, 3.05) is 5.73 Å². The van der Waals surface area contributed by atoms with Crippen LogP contribution in [0.4, 0.5) is 10.5 Å². The first-order valence-corrected chi connectivity index (χ1v) is 11.7. The molecule has 7 nitrogen and oxygen atoms in total. The lowest BCUT2D eigenvalue weighted by Crippen LogP contribution is -2.43. The monoisotopic (exact) mass is 477 g/mol. The number of fused-ring (bicyclic) bond motifs is 1. The van der Waals surface area contributed by atoms with E-state index in [2.05, 4.69) is 0 Å². The number of amides is 3. The normalized spacial score (nSPS) is 17.7. The number of urea groups is 1. The maximum absolute atomic E-state index is 13.8. The highest BCUT2D eigenvalue weighted by Gasteiger charge is 2.55. The third-order valence-electron chi connectivity index (χ3n) is 6.88. The van der Waals surface area contributed by atoms with Gasteiger partial charge < -0.3 is 16.4 Å². The summed E-state index contributed by atoms with van der Waals surface area (Å²) in [6, 6.07) is 27.7. The van der Waals surface area contributed by atoms with Crippen LogP contribution in [0.5, 0.6) is 0 Å². The molecule has 1 aliphatic heterocycles. The fourth-order valence-corrected chi connectivity index (χ4v) is 4.76. The van der Waals surface area contributed by atoms with E-state index in [1.165, 1.54) is 4.90 Å². The van der Waals surface area contributed by atoms with Gasteiger partial charge in [0, 0.05) is 17.8 Å². The van der Waals surface area contributed by atoms with E-state index >= 15 is 0 Å². The Hall–Kier alpha value is -4.65. The van der Waals surface area contributed by atoms with E-state index in [4.69, 9.17) is 16.9 Å². The van der Waals surface area contributed by atoms with Gasteiger partial charge in [-0.1, -0.05) is 66.7 Å². The van der Waals surface area contributed by atoms with E-state index in [9.17, 15) is 9.59 Å². The van der Waals surface area contributed by atoms with Crippen molar-refractivity contribution in [1.82, 2.24) is 9.80 Å². The summed E-state index contributed by atoms with van der Waals surface area (Å²) in [6.45, 7) is 2.21. The number of benzene rings is 4. The number of carbonyl (C=O) groups is 2. The van der Waals surface area contributed by atoms with Gasteiger partial charge in [0.1, 0.15) is 11.4 Å². The molecule has 5 N–H and O–H groups in total. The van der Waals surface area contributed by atoms with Crippen LogP contribution < -0.4 is 11.5 Å². The van der Waals surface area contributed by atoms with Crippen molar-refractivity contribution in [1.29, 1.82) is 5.41 Å². The van der Waals surface area contributed by atoms with Gasteiger partial charge in [-0.3, -0.25) is 15.1 Å². The minimum absolute atomic E-state index is 0.00224. The highest BCUT2D eigenvalue weighted by Crippen LogP contribution is 2.39. The predicted octanol–water partition coefficient (Wildman–Crippen LogP) is 4.59. The fourth-order valence-electron chi connectivity index (χ4n) is 4.76. The topological polar surface area (TPSA) is 117 Å². The first kappa shape index (κ1) is 23.1. The van der Waals surface area contributed by atoms with Crippen LogP contribution in [0.1, 0.15) is 29.2 Å². The van der Waals surface area contributed by atoms with Gasteiger partial charge >= 0.3 is 6.03 Å². The molecule has 1 atom stereocenters. The number of nitrogens with zero attached hydrogens (tertiary/aromatic N) is 2. The van der Waals surface area contributed by atoms with Crippen molar-refractivity contribution in [2.45, 2.75) is 25.6 Å². The van der Waals surface area contributed by atoms with Gasteiger partial charge in [-0.15, -0.1) is 0 Å². The van der Waals surface area contributed by atoms with Gasteiger partial charge in [0.2, 0.25) is 0 Å². The number of amidine groups is 1. The molecule has 1 unspecified atom stereocenters. The Morgan fingerprint density at radius 1 is 0.833 bits per heavy atom. The van der Waals surface area contributed by atoms with Gasteiger partial charge in [0.05, 0.1) is 6.54 Å². The van der Waals surface area contributed by atoms with Gasteiger partial charge in [0.25, 0.3) is 5.91 Å². The van der Waals surface area contributed by atoms with Gasteiger partial charge in [-0.25, -0.2) is 4.79 Å². The molecule has 1 saturated heterocycles. The molecule has 0 saturated carbocycles. The number of rotatable bonds is 6. The van der Waals surface area contributed by atoms with Gasteiger partial charge in [-0.05, 0) is 58.7 Å². The highest BCUT2D eigenvalue weighted by atomic mass is 16.2. The summed E-state index contributed by atoms with van der Waals surface area (Å²) < 4.78 is 0. The van der Waals surface area contributed by atoms with E-state index in [-0.39, 0.29) is 30.9 Å². The molecule has 3 amide bonds. The maximum atomic E-state index is 13.8. The molecule has 0 radical (unpaired) electrons. The van der Waals surface area contributed by atoms with Crippen LogP contribution in [0.25, 0.3) is 10.8 Å². The van der Waals surface area contributed by atoms with Crippen molar-refractivity contribution in [3.8, 4) is 0 Å². The number of imide groups is 1. The van der Waals surface area contributed by atoms with Crippen molar-refractivity contribution >= 4 is 34.2 Å². The third kappa shape index (κ3) is 3.94. The summed E-state index contributed by atoms with van der Waals surface area (Å²) in [5, 5.41) is 9.66. The van der Waals surface area contributed by atoms with E-state index in [0.717, 1.165) is 27.5 Å². The summed E-state index contributed by atoms with van der Waals surface area (Å²) in [5.74, 6) is -0.271. The lowest BCUT2D eigenvalue weighted by molar-refractivity contribution is -0.133. The largest absolute Gasteiger partial charge is 0.399 e. The molecule has 36 heavy (non-hydrogen) atoms. The molecule has 0 aromatic heterocycles. The summed E-state index contributed by atoms with van der Waals surface area (Å²) in [5.41, 5.74) is 14.0. The number of hydrogen-bond acceptors (Lipinski definition) is 4. The SMILES string of the molecule is CC1(c2ccccc2)C(=O)N(Cc2ccc(N)cc2)C(=O)N1Cc1ccc2ccc(C(=N)N)cc2c1. The smallest absolute Gasteiger partial charge is 0.328 e. The van der Waals surface area contributed by atoms with Crippen LogP contribution >= 0.6 is 0 Å². The van der Waals surface area contributed by atoms with E-state index in [1.54, 1.807) is 24.0 Å². The summed E-state index contributed by atoms with van der Waals surface area (Å²) in [4.78, 5) is 30.5. The average Bonchev–Trinajstić information content (AvgIpc) is 3.06. The average molecular weight is 478 g/mol. The molecule has 0 aliphatic carbocycles.